The van der Waals surface area contributed by atoms with Crippen LogP contribution in [0.2, 0.25) is 0 Å². The molecule has 0 saturated heterocycles. The highest BCUT2D eigenvalue weighted by atomic mass is 15.1. The molecule has 75 heavy (non-hydrogen) atoms. The van der Waals surface area contributed by atoms with Crippen molar-refractivity contribution in [2.45, 2.75) is 43.4 Å². The highest BCUT2D eigenvalue weighted by molar-refractivity contribution is 6.01. The predicted octanol–water partition coefficient (Wildman–Crippen LogP) is 20.1. The molecule has 15 rings (SSSR count). The van der Waals surface area contributed by atoms with Crippen LogP contribution in [0.5, 0.6) is 0 Å². The summed E-state index contributed by atoms with van der Waals surface area (Å²) in [7, 11) is 0. The fourth-order valence-electron chi connectivity index (χ4n) is 13.5. The van der Waals surface area contributed by atoms with E-state index in [1.54, 1.807) is 0 Å². The van der Waals surface area contributed by atoms with Crippen LogP contribution in [-0.2, 0) is 5.41 Å². The van der Waals surface area contributed by atoms with E-state index in [2.05, 4.69) is 271 Å². The molecule has 356 valence electrons. The van der Waals surface area contributed by atoms with Crippen LogP contribution in [0.15, 0.2) is 261 Å². The second-order valence-corrected chi connectivity index (χ2v) is 21.0. The van der Waals surface area contributed by atoms with Gasteiger partial charge in [0.05, 0.1) is 11.1 Å². The Morgan fingerprint density at radius 2 is 0.707 bits per heavy atom. The molecule has 1 fully saturated rings. The zero-order chi connectivity index (χ0) is 49.5. The molecular formula is C73H54N2. The molecule has 2 nitrogen and oxygen atoms in total. The first-order valence-electron chi connectivity index (χ1n) is 26.9. The minimum absolute atomic E-state index is 0.607. The van der Waals surface area contributed by atoms with E-state index in [0.717, 1.165) is 34.1 Å². The van der Waals surface area contributed by atoms with Crippen molar-refractivity contribution in [2.75, 3.05) is 9.80 Å². The highest BCUT2D eigenvalue weighted by Crippen LogP contribution is 2.64. The molecule has 3 aliphatic carbocycles. The third kappa shape index (κ3) is 7.00. The van der Waals surface area contributed by atoms with Crippen LogP contribution in [-0.4, -0.2) is 0 Å². The zero-order valence-electron chi connectivity index (χ0n) is 41.8. The molecule has 0 aromatic heterocycles. The van der Waals surface area contributed by atoms with Gasteiger partial charge in [0, 0.05) is 34.0 Å². The third-order valence-corrected chi connectivity index (χ3v) is 17.0. The first-order valence-corrected chi connectivity index (χ1v) is 26.9. The van der Waals surface area contributed by atoms with Gasteiger partial charge >= 0.3 is 0 Å². The van der Waals surface area contributed by atoms with Crippen LogP contribution < -0.4 is 9.80 Å². The van der Waals surface area contributed by atoms with Crippen molar-refractivity contribution in [2.24, 2.45) is 0 Å². The molecule has 0 aliphatic heterocycles. The summed E-state index contributed by atoms with van der Waals surface area (Å²) in [4.78, 5) is 5.02. The zero-order valence-corrected chi connectivity index (χ0v) is 41.8. The summed E-state index contributed by atoms with van der Waals surface area (Å²) in [6.45, 7) is 0. The average molecular weight is 959 g/mol. The van der Waals surface area contributed by atoms with Crippen LogP contribution in [0.25, 0.3) is 65.7 Å². The van der Waals surface area contributed by atoms with Gasteiger partial charge in [0.15, 0.2) is 0 Å². The number of hydrogen-bond acceptors (Lipinski definition) is 2. The largest absolute Gasteiger partial charge is 0.310 e. The first kappa shape index (κ1) is 43.6. The Morgan fingerprint density at radius 1 is 0.280 bits per heavy atom. The Hall–Kier alpha value is -8.98. The average Bonchev–Trinajstić information content (AvgIpc) is 4.01. The van der Waals surface area contributed by atoms with Crippen LogP contribution >= 0.6 is 0 Å². The lowest BCUT2D eigenvalue weighted by atomic mass is 9.70. The number of anilines is 6. The van der Waals surface area contributed by atoms with Gasteiger partial charge < -0.3 is 9.80 Å². The van der Waals surface area contributed by atoms with E-state index in [0.29, 0.717) is 5.92 Å². The molecular weight excluding hydrogens is 905 g/mol. The molecule has 0 bridgehead atoms. The molecule has 1 saturated carbocycles. The molecule has 3 aliphatic rings. The minimum Gasteiger partial charge on any atom is -0.310 e. The normalized spacial score (nSPS) is 15.5. The lowest BCUT2D eigenvalue weighted by molar-refractivity contribution is 0.443. The maximum Gasteiger partial charge on any atom is 0.0727 e. The lowest BCUT2D eigenvalue weighted by Gasteiger charge is -2.34. The van der Waals surface area contributed by atoms with E-state index in [-0.39, 0.29) is 0 Å². The number of nitrogens with zero attached hydrogens (tertiary/aromatic N) is 2. The van der Waals surface area contributed by atoms with E-state index in [4.69, 9.17) is 0 Å². The van der Waals surface area contributed by atoms with E-state index in [1.165, 1.54) is 126 Å². The topological polar surface area (TPSA) is 6.48 Å². The van der Waals surface area contributed by atoms with Gasteiger partial charge in [-0.05, 0) is 180 Å². The summed E-state index contributed by atoms with van der Waals surface area (Å²) in [6, 6.07) is 98.5. The van der Waals surface area contributed by atoms with E-state index in [1.807, 2.05) is 0 Å². The van der Waals surface area contributed by atoms with Crippen LogP contribution in [0.1, 0.15) is 65.8 Å². The van der Waals surface area contributed by atoms with Gasteiger partial charge in [0.2, 0.25) is 0 Å². The van der Waals surface area contributed by atoms with Gasteiger partial charge in [-0.2, -0.15) is 0 Å². The summed E-state index contributed by atoms with van der Waals surface area (Å²) in [5, 5.41) is 7.33. The smallest absolute Gasteiger partial charge is 0.0727 e. The van der Waals surface area contributed by atoms with Crippen molar-refractivity contribution in [3.8, 4) is 33.4 Å². The van der Waals surface area contributed by atoms with Crippen molar-refractivity contribution >= 4 is 66.4 Å². The molecule has 1 spiro atoms. The fourth-order valence-corrected chi connectivity index (χ4v) is 13.5. The van der Waals surface area contributed by atoms with Crippen molar-refractivity contribution in [1.82, 2.24) is 0 Å². The Morgan fingerprint density at radius 3 is 1.28 bits per heavy atom. The summed E-state index contributed by atoms with van der Waals surface area (Å²) in [5.41, 5.74) is 20.4. The number of benzene rings is 12. The van der Waals surface area contributed by atoms with Crippen LogP contribution in [0, 0.1) is 0 Å². The summed E-state index contributed by atoms with van der Waals surface area (Å²) in [5.74, 6) is 0.617. The molecule has 2 heteroatoms. The molecule has 1 atom stereocenters. The second-order valence-electron chi connectivity index (χ2n) is 21.0. The summed E-state index contributed by atoms with van der Waals surface area (Å²) < 4.78 is 0. The molecule has 12 aromatic rings. The van der Waals surface area contributed by atoms with Gasteiger partial charge in [-0.3, -0.25) is 0 Å². The monoisotopic (exact) mass is 958 g/mol. The van der Waals surface area contributed by atoms with E-state index in [9.17, 15) is 0 Å². The van der Waals surface area contributed by atoms with E-state index >= 15 is 0 Å². The maximum absolute atomic E-state index is 2.55. The Kier molecular flexibility index (Phi) is 10.2. The Labute approximate surface area is 439 Å². The van der Waals surface area contributed by atoms with Crippen molar-refractivity contribution in [3.05, 3.63) is 289 Å². The Balaban J connectivity index is 0.976. The molecule has 0 amide bonds. The lowest BCUT2D eigenvalue weighted by Crippen LogP contribution is -2.26. The second kappa shape index (κ2) is 17.6. The predicted molar refractivity (Wildman–Crippen MR) is 316 cm³/mol. The summed E-state index contributed by atoms with van der Waals surface area (Å²) in [6.07, 6.45) is 6.51. The fraction of sp³-hybridized carbons (Fsp3) is 0.0959. The van der Waals surface area contributed by atoms with Crippen LogP contribution in [0.3, 0.4) is 0 Å². The van der Waals surface area contributed by atoms with Crippen molar-refractivity contribution < 1.29 is 0 Å². The number of hydrogen-bond donors (Lipinski definition) is 0. The minimum atomic E-state index is -0.607. The van der Waals surface area contributed by atoms with Gasteiger partial charge in [0.25, 0.3) is 0 Å². The molecule has 0 radical (unpaired) electrons. The molecule has 1 unspecified atom stereocenters. The van der Waals surface area contributed by atoms with E-state index < -0.39 is 5.41 Å². The molecule has 12 aromatic carbocycles. The Bertz CT molecular complexity index is 4090. The van der Waals surface area contributed by atoms with Gasteiger partial charge in [-0.25, -0.2) is 0 Å². The summed E-state index contributed by atoms with van der Waals surface area (Å²) >= 11 is 0. The van der Waals surface area contributed by atoms with Gasteiger partial charge in [0.1, 0.15) is 0 Å². The highest BCUT2D eigenvalue weighted by Gasteiger charge is 2.52. The standard InChI is InChI=1S/C73H54N2/c1-3-17-49(18-4-1)52-31-35-58(36-32-52)75(72-46-57-26-12-11-25-56(57)45-67(72)53-21-5-2-6-22-53)62-40-42-66-64-28-14-16-30-69(64)73(71(66)48-62)68-29-15-13-27-63(68)65-41-39-61(47-70(65)73)74(59-37-33-50-19-7-9-23-54(50)43-59)60-38-34-51-20-8-10-24-55(51)44-60/h2,5-16,19-49H,1,3-4,17-18H2. The molecule has 0 heterocycles. The quantitative estimate of drug-likeness (QED) is 0.150. The maximum atomic E-state index is 2.55. The van der Waals surface area contributed by atoms with Crippen molar-refractivity contribution in [3.63, 3.8) is 0 Å². The number of rotatable bonds is 8. The number of fused-ring (bicyclic) bond motifs is 13. The van der Waals surface area contributed by atoms with Crippen LogP contribution in [0.4, 0.5) is 34.1 Å². The first-order chi connectivity index (χ1) is 37.2. The van der Waals surface area contributed by atoms with Gasteiger partial charge in [-0.1, -0.05) is 207 Å². The van der Waals surface area contributed by atoms with Gasteiger partial charge in [-0.15, -0.1) is 0 Å². The third-order valence-electron chi connectivity index (χ3n) is 17.0. The molecule has 0 N–H and O–H groups in total. The SMILES string of the molecule is c1ccc(-c2cc3ccccc3cc2N(c2ccc(C3CCCCC3)cc2)c2ccc3c(c2)C2(c4ccccc4-c4ccc(N(c5ccc6ccccc6c5)c5ccc6ccccc6c5)cc42)c2ccccc2-3)cc1. The van der Waals surface area contributed by atoms with Crippen molar-refractivity contribution in [1.29, 1.82) is 0 Å².